The van der Waals surface area contributed by atoms with E-state index in [2.05, 4.69) is 15.6 Å². The van der Waals surface area contributed by atoms with Crippen LogP contribution in [-0.2, 0) is 47.7 Å². The molecular weight excluding hydrogens is 955 g/mol. The number of hydrazine groups is 1. The number of morpholine rings is 1. The number of carboxylic acid groups (broad SMARTS) is 1. The number of fused-ring (bicyclic) bond motifs is 6. The molecule has 4 amide bonds. The molecule has 5 aliphatic heterocycles. The minimum atomic E-state index is -2.50. The highest BCUT2D eigenvalue weighted by Gasteiger charge is 2.60. The van der Waals surface area contributed by atoms with Crippen LogP contribution in [0.15, 0.2) is 24.3 Å². The molecule has 5 heterocycles. The molecule has 24 heteroatoms. The van der Waals surface area contributed by atoms with Crippen molar-refractivity contribution in [3.63, 3.8) is 0 Å². The van der Waals surface area contributed by atoms with Crippen LogP contribution >= 0.6 is 11.8 Å². The number of imide groups is 1. The van der Waals surface area contributed by atoms with Gasteiger partial charge < -0.3 is 59.3 Å². The van der Waals surface area contributed by atoms with Crippen LogP contribution in [0.3, 0.4) is 0 Å². The summed E-state index contributed by atoms with van der Waals surface area (Å²) < 4.78 is 36.1. The zero-order valence-electron chi connectivity index (χ0n) is 39.3. The van der Waals surface area contributed by atoms with Gasteiger partial charge in [-0.05, 0) is 37.5 Å². The second kappa shape index (κ2) is 20.1. The van der Waals surface area contributed by atoms with E-state index in [1.54, 1.807) is 0 Å². The molecule has 0 bridgehead atoms. The third-order valence-corrected chi connectivity index (χ3v) is 15.7. The molecule has 7 N–H and O–H groups in total. The van der Waals surface area contributed by atoms with Gasteiger partial charge in [0.15, 0.2) is 24.6 Å². The van der Waals surface area contributed by atoms with Gasteiger partial charge in [-0.3, -0.25) is 43.6 Å². The maximum Gasteiger partial charge on any atom is 0.327 e. The Labute approximate surface area is 410 Å². The molecule has 0 radical (unpaired) electrons. The average Bonchev–Trinajstić information content (AvgIpc) is 3.98. The van der Waals surface area contributed by atoms with Crippen molar-refractivity contribution in [2.24, 2.45) is 0 Å². The molecule has 2 aliphatic carbocycles. The summed E-state index contributed by atoms with van der Waals surface area (Å²) in [5, 5.41) is 60.8. The lowest BCUT2D eigenvalue weighted by Gasteiger charge is -2.46. The number of nitrogens with zero attached hydrogens (tertiary/aromatic N) is 3. The Balaban J connectivity index is 0.889. The highest BCUT2D eigenvalue weighted by Crippen LogP contribution is 2.54. The fourth-order valence-electron chi connectivity index (χ4n) is 10.9. The van der Waals surface area contributed by atoms with E-state index < -0.39 is 126 Å². The van der Waals surface area contributed by atoms with E-state index in [-0.39, 0.29) is 76.7 Å². The largest absolute Gasteiger partial charge is 0.507 e. The Bertz CT molecular complexity index is 2510. The van der Waals surface area contributed by atoms with Crippen LogP contribution in [0.1, 0.15) is 114 Å². The number of aliphatic hydroxyl groups excluding tert-OH is 2. The number of nitrogens with one attached hydrogen (secondary N) is 2. The molecule has 4 unspecified atom stereocenters. The normalized spacial score (nSPS) is 31.8. The zero-order valence-corrected chi connectivity index (χ0v) is 40.1. The average molecular weight is 1010 g/mol. The third-order valence-electron chi connectivity index (χ3n) is 14.4. The Morgan fingerprint density at radius 1 is 1.06 bits per heavy atom. The van der Waals surface area contributed by atoms with Crippen LogP contribution in [0.25, 0.3) is 0 Å². The molecule has 0 saturated carbocycles. The molecule has 2 aromatic rings. The van der Waals surface area contributed by atoms with Crippen molar-refractivity contribution < 1.29 is 87.5 Å². The molecule has 2 aromatic carbocycles. The number of amides is 4. The smallest absolute Gasteiger partial charge is 0.327 e. The Kier molecular flexibility index (Phi) is 14.4. The number of carbonyl (C=O) groups excluding carboxylic acids is 6. The van der Waals surface area contributed by atoms with Gasteiger partial charge in [-0.25, -0.2) is 10.2 Å². The van der Waals surface area contributed by atoms with E-state index in [1.807, 2.05) is 6.92 Å². The number of ether oxygens (including phenoxy) is 6. The SMILES string of the molecule is COc1cccc2c1C(=O)c1c(cc3c(c1O)[C@@H](O[C@H]1C[C@H]4[C@H](O[C@@H]5[C@@H](OC)OCCN54)[C@H](C)O1)C[C@@](O)(C(O)C1NN1C(=O)CCCCCN1C(=O)CC(SC[C@H](NC(C)=O)C(=O)O)C1=O)C3O)C2=O. The second-order valence-electron chi connectivity index (χ2n) is 18.8. The van der Waals surface area contributed by atoms with Crippen molar-refractivity contribution in [3.8, 4) is 11.5 Å². The number of aliphatic hydroxyl groups is 3. The van der Waals surface area contributed by atoms with Gasteiger partial charge in [0.25, 0.3) is 0 Å². The molecule has 13 atom stereocenters. The van der Waals surface area contributed by atoms with Gasteiger partial charge in [0.05, 0.1) is 42.3 Å². The predicted octanol–water partition coefficient (Wildman–Crippen LogP) is -0.0206. The third kappa shape index (κ3) is 9.21. The number of benzene rings is 2. The summed E-state index contributed by atoms with van der Waals surface area (Å²) in [5.74, 6) is -5.18. The molecule has 5 saturated heterocycles. The first-order valence-electron chi connectivity index (χ1n) is 23.5. The van der Waals surface area contributed by atoms with E-state index >= 15 is 0 Å². The quantitative estimate of drug-likeness (QED) is 0.0531. The van der Waals surface area contributed by atoms with E-state index in [0.29, 0.717) is 32.4 Å². The fourth-order valence-corrected chi connectivity index (χ4v) is 12.0. The summed E-state index contributed by atoms with van der Waals surface area (Å²) in [6.07, 6.45) is -8.99. The molecular formula is C47H57N5O18S. The number of rotatable bonds is 17. The van der Waals surface area contributed by atoms with E-state index in [1.165, 1.54) is 45.4 Å². The maximum absolute atomic E-state index is 14.2. The van der Waals surface area contributed by atoms with Crippen molar-refractivity contribution in [2.45, 2.75) is 137 Å². The van der Waals surface area contributed by atoms with Crippen molar-refractivity contribution in [1.29, 1.82) is 0 Å². The number of methoxy groups -OCH3 is 2. The minimum absolute atomic E-state index is 0.00408. The Hall–Kier alpha value is -5.12. The first-order valence-corrected chi connectivity index (χ1v) is 24.6. The molecule has 23 nitrogen and oxygen atoms in total. The topological polar surface area (TPSA) is 319 Å². The number of hydrogen-bond donors (Lipinski definition) is 7. The number of carboxylic acids is 1. The first kappa shape index (κ1) is 50.8. The number of ketones is 2. The van der Waals surface area contributed by atoms with Crippen LogP contribution < -0.4 is 15.5 Å². The van der Waals surface area contributed by atoms with Gasteiger partial charge in [0.1, 0.15) is 47.6 Å². The molecule has 0 spiro atoms. The number of aromatic hydroxyl groups is 1. The molecule has 7 aliphatic rings. The summed E-state index contributed by atoms with van der Waals surface area (Å²) >= 11 is 0.980. The number of thioether (sulfide) groups is 1. The second-order valence-corrected chi connectivity index (χ2v) is 20.0. The van der Waals surface area contributed by atoms with Crippen LogP contribution in [0.4, 0.5) is 0 Å². The summed E-state index contributed by atoms with van der Waals surface area (Å²) in [6.45, 7) is 3.97. The lowest BCUT2D eigenvalue weighted by molar-refractivity contribution is -0.262. The fraction of sp³-hybridized carbons (Fsp3) is 0.596. The maximum atomic E-state index is 14.2. The monoisotopic (exact) mass is 1010 g/mol. The number of phenolic OH excluding ortho intramolecular Hbond substituents is 1. The summed E-state index contributed by atoms with van der Waals surface area (Å²) in [5.41, 5.74) is -0.700. The standard InChI is InChI=1S/C47H57N5O18S/c1-20-39-26(50-13-14-67-46(66-4)44(50)70-39)16-32(68-20)69-28-18-47(64,40(59)24-15-23-35(38(58)34(24)28)37(57)33-22(36(23)56)9-8-10-27(33)65-3)41(60)42-49-52(42)30(54)11-6-5-7-12-51-31(55)17-29(43(51)61)71-19-25(45(62)63)48-21(2)53/h8-10,15,20,25-26,28-29,32,39-42,44,46,49,58-60,64H,5-7,11-14,16-19H2,1-4H3,(H,48,53)(H,62,63)/t20-,25-,26-,28-,29?,32-,39+,40?,41?,42?,44+,46-,47-,52?/m0/s1. The molecule has 71 heavy (non-hydrogen) atoms. The lowest BCUT2D eigenvalue weighted by Crippen LogP contribution is -2.56. The number of aliphatic carboxylic acids is 1. The van der Waals surface area contributed by atoms with Crippen molar-refractivity contribution >= 4 is 52.9 Å². The summed E-state index contributed by atoms with van der Waals surface area (Å²) in [6, 6.07) is 4.23. The van der Waals surface area contributed by atoms with Crippen LogP contribution in [-0.4, -0.2) is 187 Å². The number of phenols is 1. The Morgan fingerprint density at radius 2 is 1.83 bits per heavy atom. The highest BCUT2D eigenvalue weighted by molar-refractivity contribution is 8.00. The van der Waals surface area contributed by atoms with Gasteiger partial charge in [0.2, 0.25) is 29.4 Å². The Morgan fingerprint density at radius 3 is 2.55 bits per heavy atom. The van der Waals surface area contributed by atoms with Gasteiger partial charge >= 0.3 is 5.97 Å². The minimum Gasteiger partial charge on any atom is -0.507 e. The summed E-state index contributed by atoms with van der Waals surface area (Å²) in [7, 11) is 2.86. The number of unbranched alkanes of at least 4 members (excludes halogenated alkanes) is 2. The van der Waals surface area contributed by atoms with Crippen molar-refractivity contribution in [1.82, 2.24) is 25.6 Å². The van der Waals surface area contributed by atoms with Gasteiger partial charge in [-0.1, -0.05) is 18.6 Å². The van der Waals surface area contributed by atoms with Crippen LogP contribution in [0.2, 0.25) is 0 Å². The number of hydrogen-bond acceptors (Lipinski definition) is 20. The summed E-state index contributed by atoms with van der Waals surface area (Å²) in [4.78, 5) is 93.6. The predicted molar refractivity (Wildman–Crippen MR) is 242 cm³/mol. The lowest BCUT2D eigenvalue weighted by atomic mass is 9.70. The molecule has 0 aromatic heterocycles. The van der Waals surface area contributed by atoms with E-state index in [4.69, 9.17) is 28.4 Å². The van der Waals surface area contributed by atoms with Crippen molar-refractivity contribution in [2.75, 3.05) is 39.7 Å². The molecule has 5 fully saturated rings. The van der Waals surface area contributed by atoms with Gasteiger partial charge in [0, 0.05) is 81.3 Å². The van der Waals surface area contributed by atoms with Crippen LogP contribution in [0.5, 0.6) is 11.5 Å². The van der Waals surface area contributed by atoms with Crippen LogP contribution in [0, 0.1) is 0 Å². The van der Waals surface area contributed by atoms with Gasteiger partial charge in [-0.2, -0.15) is 0 Å². The number of likely N-dealkylation sites (tertiary alicyclic amines) is 1. The molecule has 384 valence electrons. The van der Waals surface area contributed by atoms with E-state index in [0.717, 1.165) is 21.7 Å². The number of carbonyl (C=O) groups is 7. The molecule has 9 rings (SSSR count). The highest BCUT2D eigenvalue weighted by atomic mass is 32.2. The van der Waals surface area contributed by atoms with Gasteiger partial charge in [-0.15, -0.1) is 11.8 Å². The first-order chi connectivity index (χ1) is 33.9. The zero-order chi connectivity index (χ0) is 50.8. The van der Waals surface area contributed by atoms with E-state index in [9.17, 15) is 59.1 Å². The van der Waals surface area contributed by atoms with Crippen molar-refractivity contribution in [3.05, 3.63) is 57.6 Å².